The fourth-order valence-electron chi connectivity index (χ4n) is 2.83. The second-order valence-corrected chi connectivity index (χ2v) is 6.22. The summed E-state index contributed by atoms with van der Waals surface area (Å²) >= 11 is 1.88. The molecule has 0 aliphatic carbocycles. The van der Waals surface area contributed by atoms with Crippen LogP contribution in [0, 0.1) is 0 Å². The Hall–Kier alpha value is -1.39. The van der Waals surface area contributed by atoms with Crippen molar-refractivity contribution in [2.24, 2.45) is 0 Å². The van der Waals surface area contributed by atoms with E-state index in [1.165, 1.54) is 16.3 Å². The lowest BCUT2D eigenvalue weighted by molar-refractivity contribution is 0.327. The third-order valence-electron chi connectivity index (χ3n) is 3.85. The molecule has 2 aromatic rings. The number of aromatic nitrogens is 1. The van der Waals surface area contributed by atoms with Crippen molar-refractivity contribution in [1.82, 2.24) is 10.3 Å². The highest BCUT2D eigenvalue weighted by atomic mass is 32.1. The first-order chi connectivity index (χ1) is 9.42. The fourth-order valence-corrected chi connectivity index (χ4v) is 4.03. The molecule has 2 aliphatic heterocycles. The molecule has 3 nitrogen and oxygen atoms in total. The molecule has 19 heavy (non-hydrogen) atoms. The molecule has 4 heteroatoms. The van der Waals surface area contributed by atoms with Crippen molar-refractivity contribution in [3.63, 3.8) is 0 Å². The van der Waals surface area contributed by atoms with Crippen LogP contribution in [0.2, 0.25) is 0 Å². The Labute approximate surface area is 116 Å². The zero-order valence-electron chi connectivity index (χ0n) is 10.7. The quantitative estimate of drug-likeness (QED) is 0.867. The number of thiazole rings is 1. The molecule has 0 spiro atoms. The summed E-state index contributed by atoms with van der Waals surface area (Å²) in [6.07, 6.45) is 2.19. The summed E-state index contributed by atoms with van der Waals surface area (Å²) in [6, 6.07) is 8.25. The maximum absolute atomic E-state index is 5.81. The van der Waals surface area contributed by atoms with Crippen molar-refractivity contribution < 1.29 is 4.74 Å². The van der Waals surface area contributed by atoms with Gasteiger partial charge in [0.25, 0.3) is 0 Å². The van der Waals surface area contributed by atoms with E-state index in [0.29, 0.717) is 5.92 Å². The molecule has 0 radical (unpaired) electrons. The number of hydrogen-bond acceptors (Lipinski definition) is 4. The lowest BCUT2D eigenvalue weighted by Crippen LogP contribution is -2.07. The van der Waals surface area contributed by atoms with Crippen LogP contribution in [0.5, 0.6) is 5.75 Å². The average molecular weight is 272 g/mol. The third kappa shape index (κ3) is 1.95. The number of para-hydroxylation sites is 1. The van der Waals surface area contributed by atoms with Crippen molar-refractivity contribution in [1.29, 1.82) is 0 Å². The summed E-state index contributed by atoms with van der Waals surface area (Å²) in [5.74, 6) is 1.58. The lowest BCUT2D eigenvalue weighted by Gasteiger charge is -2.06. The summed E-state index contributed by atoms with van der Waals surface area (Å²) in [5, 5.41) is 4.72. The fraction of sp³-hybridized carbons (Fsp3) is 0.400. The van der Waals surface area contributed by atoms with Crippen molar-refractivity contribution in [2.75, 3.05) is 19.7 Å². The highest BCUT2D eigenvalue weighted by Crippen LogP contribution is 2.39. The second kappa shape index (κ2) is 4.62. The van der Waals surface area contributed by atoms with Crippen LogP contribution in [0.15, 0.2) is 24.3 Å². The van der Waals surface area contributed by atoms with E-state index in [1.807, 2.05) is 23.5 Å². The molecule has 1 atom stereocenters. The Morgan fingerprint density at radius 1 is 1.32 bits per heavy atom. The van der Waals surface area contributed by atoms with Crippen LogP contribution < -0.4 is 10.1 Å². The molecular weight excluding hydrogens is 256 g/mol. The van der Waals surface area contributed by atoms with Crippen LogP contribution >= 0.6 is 11.3 Å². The van der Waals surface area contributed by atoms with Crippen molar-refractivity contribution in [3.8, 4) is 17.0 Å². The van der Waals surface area contributed by atoms with E-state index in [9.17, 15) is 0 Å². The van der Waals surface area contributed by atoms with Crippen LogP contribution in [0.4, 0.5) is 0 Å². The SMILES string of the molecule is c1ccc2c(c1)OCCc1sc(C3CCNC3)nc1-2. The summed E-state index contributed by atoms with van der Waals surface area (Å²) in [6.45, 7) is 2.95. The summed E-state index contributed by atoms with van der Waals surface area (Å²) in [7, 11) is 0. The van der Waals surface area contributed by atoms with Gasteiger partial charge in [0.15, 0.2) is 0 Å². The molecule has 0 amide bonds. The molecule has 2 aliphatic rings. The predicted molar refractivity (Wildman–Crippen MR) is 77.0 cm³/mol. The lowest BCUT2D eigenvalue weighted by atomic mass is 10.1. The van der Waals surface area contributed by atoms with Gasteiger partial charge in [0.1, 0.15) is 5.75 Å². The monoisotopic (exact) mass is 272 g/mol. The van der Waals surface area contributed by atoms with E-state index in [1.54, 1.807) is 0 Å². The van der Waals surface area contributed by atoms with Gasteiger partial charge in [-0.25, -0.2) is 4.98 Å². The third-order valence-corrected chi connectivity index (χ3v) is 5.13. The molecule has 3 heterocycles. The van der Waals surface area contributed by atoms with Crippen LogP contribution in [-0.4, -0.2) is 24.7 Å². The van der Waals surface area contributed by atoms with Crippen molar-refractivity contribution >= 4 is 11.3 Å². The van der Waals surface area contributed by atoms with E-state index in [2.05, 4.69) is 17.4 Å². The number of hydrogen-bond donors (Lipinski definition) is 1. The summed E-state index contributed by atoms with van der Waals surface area (Å²) in [4.78, 5) is 6.31. The zero-order valence-corrected chi connectivity index (χ0v) is 11.5. The average Bonchev–Trinajstić information content (AvgIpc) is 3.06. The van der Waals surface area contributed by atoms with Gasteiger partial charge >= 0.3 is 0 Å². The molecule has 0 bridgehead atoms. The first kappa shape index (κ1) is 11.4. The smallest absolute Gasteiger partial charge is 0.128 e. The minimum absolute atomic E-state index is 0.602. The molecule has 98 valence electrons. The highest BCUT2D eigenvalue weighted by Gasteiger charge is 2.25. The van der Waals surface area contributed by atoms with Crippen LogP contribution in [0.3, 0.4) is 0 Å². The maximum Gasteiger partial charge on any atom is 0.128 e. The molecule has 1 saturated heterocycles. The van der Waals surface area contributed by atoms with E-state index < -0.39 is 0 Å². The molecule has 0 saturated carbocycles. The Morgan fingerprint density at radius 2 is 2.26 bits per heavy atom. The summed E-state index contributed by atoms with van der Waals surface area (Å²) < 4.78 is 5.81. The van der Waals surface area contributed by atoms with Gasteiger partial charge in [0, 0.05) is 29.3 Å². The van der Waals surface area contributed by atoms with Gasteiger partial charge in [0.05, 0.1) is 17.3 Å². The van der Waals surface area contributed by atoms with Crippen molar-refractivity contribution in [2.45, 2.75) is 18.8 Å². The Bertz CT molecular complexity index is 602. The number of ether oxygens (including phenoxy) is 1. The van der Waals surface area contributed by atoms with Gasteiger partial charge in [-0.2, -0.15) is 0 Å². The number of nitrogens with zero attached hydrogens (tertiary/aromatic N) is 1. The van der Waals surface area contributed by atoms with E-state index in [-0.39, 0.29) is 0 Å². The zero-order chi connectivity index (χ0) is 12.7. The topological polar surface area (TPSA) is 34.1 Å². The number of rotatable bonds is 1. The Morgan fingerprint density at radius 3 is 3.16 bits per heavy atom. The van der Waals surface area contributed by atoms with Crippen LogP contribution in [0.25, 0.3) is 11.3 Å². The summed E-state index contributed by atoms with van der Waals surface area (Å²) in [5.41, 5.74) is 2.31. The molecule has 1 aromatic carbocycles. The van der Waals surface area contributed by atoms with E-state index in [4.69, 9.17) is 9.72 Å². The predicted octanol–water partition coefficient (Wildman–Crippen LogP) is 2.82. The largest absolute Gasteiger partial charge is 0.493 e. The normalized spacial score (nSPS) is 21.4. The second-order valence-electron chi connectivity index (χ2n) is 5.11. The molecule has 1 aromatic heterocycles. The Balaban J connectivity index is 1.81. The van der Waals surface area contributed by atoms with E-state index in [0.717, 1.165) is 43.1 Å². The molecular formula is C15H16N2OS. The van der Waals surface area contributed by atoms with Gasteiger partial charge in [-0.15, -0.1) is 11.3 Å². The standard InChI is InChI=1S/C15H16N2OS/c1-2-4-12-11(3-1)14-13(6-8-18-12)19-15(17-14)10-5-7-16-9-10/h1-4,10,16H,5-9H2. The molecule has 1 fully saturated rings. The van der Waals surface area contributed by atoms with Gasteiger partial charge < -0.3 is 10.1 Å². The first-order valence-electron chi connectivity index (χ1n) is 6.84. The maximum atomic E-state index is 5.81. The first-order valence-corrected chi connectivity index (χ1v) is 7.66. The molecule has 1 unspecified atom stereocenters. The van der Waals surface area contributed by atoms with Gasteiger partial charge in [-0.05, 0) is 25.1 Å². The number of benzene rings is 1. The van der Waals surface area contributed by atoms with Gasteiger partial charge in [-0.1, -0.05) is 12.1 Å². The molecule has 4 rings (SSSR count). The minimum atomic E-state index is 0.602. The van der Waals surface area contributed by atoms with Crippen LogP contribution in [0.1, 0.15) is 22.2 Å². The number of fused-ring (bicyclic) bond motifs is 3. The number of nitrogens with one attached hydrogen (secondary N) is 1. The van der Waals surface area contributed by atoms with Crippen molar-refractivity contribution in [3.05, 3.63) is 34.2 Å². The molecule has 1 N–H and O–H groups in total. The van der Waals surface area contributed by atoms with Crippen LogP contribution in [-0.2, 0) is 6.42 Å². The highest BCUT2D eigenvalue weighted by molar-refractivity contribution is 7.12. The minimum Gasteiger partial charge on any atom is -0.493 e. The van der Waals surface area contributed by atoms with Gasteiger partial charge in [-0.3, -0.25) is 0 Å². The van der Waals surface area contributed by atoms with Gasteiger partial charge in [0.2, 0.25) is 0 Å². The van der Waals surface area contributed by atoms with E-state index >= 15 is 0 Å². The Kier molecular flexibility index (Phi) is 2.78.